The number of nitrogens with zero attached hydrogens (tertiary/aromatic N) is 4. The predicted octanol–water partition coefficient (Wildman–Crippen LogP) is 2.49. The van der Waals surface area contributed by atoms with Gasteiger partial charge in [-0.25, -0.2) is 9.37 Å². The van der Waals surface area contributed by atoms with Gasteiger partial charge in [0.15, 0.2) is 5.82 Å². The number of hydrogen-bond acceptors (Lipinski definition) is 4. The van der Waals surface area contributed by atoms with Gasteiger partial charge in [-0.3, -0.25) is 4.57 Å². The lowest BCUT2D eigenvalue weighted by Gasteiger charge is -2.07. The normalized spacial score (nSPS) is 10.2. The number of hydrogen-bond donors (Lipinski definition) is 1. The van der Waals surface area contributed by atoms with Crippen LogP contribution < -0.4 is 5.73 Å². The molecule has 0 radical (unpaired) electrons. The maximum atomic E-state index is 13.7. The molecule has 0 fully saturated rings. The second kappa shape index (κ2) is 4.62. The number of rotatable bonds is 1. The van der Waals surface area contributed by atoms with Crippen molar-refractivity contribution in [3.63, 3.8) is 0 Å². The van der Waals surface area contributed by atoms with Crippen LogP contribution in [0.1, 0.15) is 11.1 Å². The molecule has 2 N–H and O–H groups in total. The lowest BCUT2D eigenvalue weighted by atomic mass is 10.1. The molecule has 3 aromatic rings. The molecule has 6 heteroatoms. The van der Waals surface area contributed by atoms with Gasteiger partial charge in [-0.2, -0.15) is 10.5 Å². The van der Waals surface area contributed by atoms with Crippen LogP contribution in [-0.2, 0) is 0 Å². The molecule has 2 aromatic carbocycles. The van der Waals surface area contributed by atoms with Crippen LogP contribution in [0.15, 0.2) is 36.4 Å². The molecule has 0 saturated carbocycles. The van der Waals surface area contributed by atoms with E-state index in [0.717, 1.165) is 0 Å². The van der Waals surface area contributed by atoms with Crippen molar-refractivity contribution >= 4 is 17.0 Å². The minimum Gasteiger partial charge on any atom is -0.369 e. The van der Waals surface area contributed by atoms with Crippen LogP contribution in [0, 0.1) is 28.5 Å². The summed E-state index contributed by atoms with van der Waals surface area (Å²) in [6.07, 6.45) is 0. The molecule has 1 aromatic heterocycles. The van der Waals surface area contributed by atoms with E-state index in [2.05, 4.69) is 4.98 Å². The number of nitriles is 2. The highest BCUT2D eigenvalue weighted by Crippen LogP contribution is 2.25. The van der Waals surface area contributed by atoms with Crippen molar-refractivity contribution in [1.29, 1.82) is 10.5 Å². The zero-order chi connectivity index (χ0) is 15.0. The number of aromatic nitrogens is 2. The van der Waals surface area contributed by atoms with Gasteiger partial charge in [-0.1, -0.05) is 6.07 Å². The number of anilines is 1. The van der Waals surface area contributed by atoms with Crippen molar-refractivity contribution in [1.82, 2.24) is 9.55 Å². The molecule has 1 heterocycles. The Kier molecular flexibility index (Phi) is 2.78. The van der Waals surface area contributed by atoms with E-state index in [1.165, 1.54) is 18.2 Å². The second-order valence-electron chi connectivity index (χ2n) is 4.37. The Morgan fingerprint density at radius 1 is 1.10 bits per heavy atom. The van der Waals surface area contributed by atoms with Crippen LogP contribution in [0.25, 0.3) is 16.7 Å². The molecule has 0 spiro atoms. The number of halogens is 1. The van der Waals surface area contributed by atoms with Gasteiger partial charge in [0.2, 0.25) is 5.95 Å². The fraction of sp³-hybridized carbons (Fsp3) is 0. The molecule has 0 amide bonds. The van der Waals surface area contributed by atoms with E-state index in [1.54, 1.807) is 22.8 Å². The Balaban J connectivity index is 2.32. The average molecular weight is 277 g/mol. The lowest BCUT2D eigenvalue weighted by molar-refractivity contribution is 0.637. The Labute approximate surface area is 119 Å². The number of nitrogens with two attached hydrogens (primary N) is 1. The van der Waals surface area contributed by atoms with E-state index in [1.807, 2.05) is 12.1 Å². The zero-order valence-corrected chi connectivity index (χ0v) is 10.7. The third kappa shape index (κ3) is 1.87. The third-order valence-corrected chi connectivity index (χ3v) is 3.16. The molecule has 5 nitrogen and oxygen atoms in total. The highest BCUT2D eigenvalue weighted by atomic mass is 19.1. The summed E-state index contributed by atoms with van der Waals surface area (Å²) in [7, 11) is 0. The summed E-state index contributed by atoms with van der Waals surface area (Å²) in [6.45, 7) is 0. The molecule has 0 aliphatic rings. The van der Waals surface area contributed by atoms with Gasteiger partial charge in [0, 0.05) is 0 Å². The molecule has 0 atom stereocenters. The molecule has 100 valence electrons. The molecule has 0 bridgehead atoms. The van der Waals surface area contributed by atoms with Gasteiger partial charge >= 0.3 is 0 Å². The Hall–Kier alpha value is -3.38. The van der Waals surface area contributed by atoms with Crippen LogP contribution in [-0.4, -0.2) is 9.55 Å². The lowest BCUT2D eigenvalue weighted by Crippen LogP contribution is -2.01. The van der Waals surface area contributed by atoms with E-state index in [4.69, 9.17) is 16.3 Å². The van der Waals surface area contributed by atoms with Crippen molar-refractivity contribution in [2.24, 2.45) is 0 Å². The van der Waals surface area contributed by atoms with Crippen molar-refractivity contribution in [2.75, 3.05) is 5.73 Å². The van der Waals surface area contributed by atoms with Crippen molar-refractivity contribution < 1.29 is 4.39 Å². The van der Waals surface area contributed by atoms with E-state index in [9.17, 15) is 4.39 Å². The van der Waals surface area contributed by atoms with Crippen LogP contribution in [0.4, 0.5) is 10.3 Å². The fourth-order valence-electron chi connectivity index (χ4n) is 2.22. The number of benzene rings is 2. The maximum Gasteiger partial charge on any atom is 0.206 e. The summed E-state index contributed by atoms with van der Waals surface area (Å²) < 4.78 is 15.3. The average Bonchev–Trinajstić information content (AvgIpc) is 2.84. The maximum absolute atomic E-state index is 13.7. The van der Waals surface area contributed by atoms with Crippen LogP contribution in [0.5, 0.6) is 0 Å². The molecule has 3 rings (SSSR count). The monoisotopic (exact) mass is 277 g/mol. The van der Waals surface area contributed by atoms with E-state index >= 15 is 0 Å². The summed E-state index contributed by atoms with van der Waals surface area (Å²) >= 11 is 0. The number of fused-ring (bicyclic) bond motifs is 1. The number of nitrogen functional groups attached to an aromatic ring is 1. The van der Waals surface area contributed by atoms with E-state index < -0.39 is 5.82 Å². The Morgan fingerprint density at radius 2 is 1.86 bits per heavy atom. The van der Waals surface area contributed by atoms with Crippen molar-refractivity contribution in [3.8, 4) is 17.8 Å². The predicted molar refractivity (Wildman–Crippen MR) is 74.9 cm³/mol. The second-order valence-corrected chi connectivity index (χ2v) is 4.37. The first-order valence-corrected chi connectivity index (χ1v) is 6.02. The van der Waals surface area contributed by atoms with Crippen molar-refractivity contribution in [2.45, 2.75) is 0 Å². The third-order valence-electron chi connectivity index (χ3n) is 3.16. The highest BCUT2D eigenvalue weighted by Gasteiger charge is 2.14. The van der Waals surface area contributed by atoms with Gasteiger partial charge < -0.3 is 5.73 Å². The summed E-state index contributed by atoms with van der Waals surface area (Å²) in [5, 5.41) is 18.0. The minimum absolute atomic E-state index is 0.115. The largest absolute Gasteiger partial charge is 0.369 e. The molecular formula is C15H8FN5. The van der Waals surface area contributed by atoms with E-state index in [-0.39, 0.29) is 22.6 Å². The Bertz CT molecular complexity index is 943. The van der Waals surface area contributed by atoms with Crippen LogP contribution >= 0.6 is 0 Å². The molecule has 0 aliphatic heterocycles. The first-order chi connectivity index (χ1) is 10.2. The SMILES string of the molecule is N#Cc1ccc(-n2c(N)nc3c(F)cccc32)cc1C#N. The van der Waals surface area contributed by atoms with Gasteiger partial charge in [-0.15, -0.1) is 0 Å². The Morgan fingerprint density at radius 3 is 2.57 bits per heavy atom. The van der Waals surface area contributed by atoms with Gasteiger partial charge in [0.25, 0.3) is 0 Å². The number of para-hydroxylation sites is 1. The quantitative estimate of drug-likeness (QED) is 0.739. The van der Waals surface area contributed by atoms with Gasteiger partial charge in [-0.05, 0) is 30.3 Å². The topological polar surface area (TPSA) is 91.4 Å². The van der Waals surface area contributed by atoms with Gasteiger partial charge in [0.1, 0.15) is 17.7 Å². The number of imidazole rings is 1. The fourth-order valence-corrected chi connectivity index (χ4v) is 2.22. The molecular weight excluding hydrogens is 269 g/mol. The zero-order valence-electron chi connectivity index (χ0n) is 10.7. The van der Waals surface area contributed by atoms with Gasteiger partial charge in [0.05, 0.1) is 22.3 Å². The standard InChI is InChI=1S/C15H8FN5/c16-12-2-1-3-13-14(12)20-15(19)21(13)11-5-4-9(7-17)10(6-11)8-18/h1-6H,(H2,19,20). The molecule has 0 saturated heterocycles. The first kappa shape index (κ1) is 12.6. The minimum atomic E-state index is -0.466. The summed E-state index contributed by atoms with van der Waals surface area (Å²) in [5.41, 5.74) is 7.57. The molecule has 0 unspecified atom stereocenters. The highest BCUT2D eigenvalue weighted by molar-refractivity contribution is 5.81. The van der Waals surface area contributed by atoms with Crippen molar-refractivity contribution in [3.05, 3.63) is 53.3 Å². The van der Waals surface area contributed by atoms with E-state index in [0.29, 0.717) is 11.2 Å². The summed E-state index contributed by atoms with van der Waals surface area (Å²) in [4.78, 5) is 4.00. The first-order valence-electron chi connectivity index (χ1n) is 6.02. The smallest absolute Gasteiger partial charge is 0.206 e. The summed E-state index contributed by atoms with van der Waals surface area (Å²) in [6, 6.07) is 13.1. The molecule has 21 heavy (non-hydrogen) atoms. The molecule has 0 aliphatic carbocycles. The summed E-state index contributed by atoms with van der Waals surface area (Å²) in [5.74, 6) is -0.351. The van der Waals surface area contributed by atoms with Crippen LogP contribution in [0.3, 0.4) is 0 Å². The van der Waals surface area contributed by atoms with Crippen LogP contribution in [0.2, 0.25) is 0 Å².